The Labute approximate surface area is 92.9 Å². The topological polar surface area (TPSA) is 43.0 Å². The fourth-order valence-electron chi connectivity index (χ4n) is 1.48. The first-order valence-corrected chi connectivity index (χ1v) is 5.01. The van der Waals surface area contributed by atoms with Crippen molar-refractivity contribution in [3.8, 4) is 11.6 Å². The maximum Gasteiger partial charge on any atom is 0.177 e. The van der Waals surface area contributed by atoms with Gasteiger partial charge >= 0.3 is 0 Å². The second-order valence-corrected chi connectivity index (χ2v) is 3.60. The Morgan fingerprint density at radius 1 is 1.60 bits per heavy atom. The molecular weight excluding hydrogens is 214 g/mol. The minimum absolute atomic E-state index is 0.512. The van der Waals surface area contributed by atoms with Gasteiger partial charge in [0.25, 0.3) is 0 Å². The van der Waals surface area contributed by atoms with Crippen LogP contribution in [-0.4, -0.2) is 16.6 Å². The molecule has 0 aliphatic rings. The highest BCUT2D eigenvalue weighted by atomic mass is 35.5. The molecule has 0 aliphatic carbocycles. The van der Waals surface area contributed by atoms with Gasteiger partial charge in [-0.1, -0.05) is 11.6 Å². The summed E-state index contributed by atoms with van der Waals surface area (Å²) >= 11 is 6.03. The zero-order valence-corrected chi connectivity index (χ0v) is 9.38. The highest BCUT2D eigenvalue weighted by Gasteiger charge is 2.15. The molecule has 0 unspecified atom stereocenters. The summed E-state index contributed by atoms with van der Waals surface area (Å²) in [5.74, 6) is 1.47. The van der Waals surface area contributed by atoms with Crippen LogP contribution in [0.5, 0.6) is 0 Å². The second kappa shape index (κ2) is 4.08. The third-order valence-corrected chi connectivity index (χ3v) is 2.55. The molecule has 0 amide bonds. The number of hydrogen-bond donors (Lipinski definition) is 1. The molecule has 2 heterocycles. The van der Waals surface area contributed by atoms with Crippen LogP contribution >= 0.6 is 11.6 Å². The Hall–Kier alpha value is -1.26. The molecule has 0 radical (unpaired) electrons. The van der Waals surface area contributed by atoms with Gasteiger partial charge in [0.2, 0.25) is 0 Å². The molecule has 0 bridgehead atoms. The van der Waals surface area contributed by atoms with E-state index in [0.717, 1.165) is 17.3 Å². The number of aromatic nitrogens is 2. The molecular formula is C10H12ClN3O. The van der Waals surface area contributed by atoms with E-state index >= 15 is 0 Å². The van der Waals surface area contributed by atoms with E-state index in [9.17, 15) is 0 Å². The standard InChI is InChI=1S/C10H12ClN3O/c1-12-6-7-9(11)13-10(14(7)2)8-4-3-5-15-8/h3-5,12H,6H2,1-2H3. The van der Waals surface area contributed by atoms with E-state index in [1.165, 1.54) is 0 Å². The molecule has 1 N–H and O–H groups in total. The van der Waals surface area contributed by atoms with Crippen LogP contribution in [0.15, 0.2) is 22.8 Å². The van der Waals surface area contributed by atoms with Gasteiger partial charge < -0.3 is 14.3 Å². The van der Waals surface area contributed by atoms with Gasteiger partial charge in [-0.2, -0.15) is 0 Å². The summed E-state index contributed by atoms with van der Waals surface area (Å²) in [5, 5.41) is 3.56. The van der Waals surface area contributed by atoms with Crippen LogP contribution in [0, 0.1) is 0 Å². The quantitative estimate of drug-likeness (QED) is 0.870. The SMILES string of the molecule is CNCc1c(Cl)nc(-c2ccco2)n1C. The molecule has 2 rings (SSSR count). The van der Waals surface area contributed by atoms with Crippen LogP contribution in [0.1, 0.15) is 5.69 Å². The van der Waals surface area contributed by atoms with Gasteiger partial charge in [-0.25, -0.2) is 4.98 Å². The fourth-order valence-corrected chi connectivity index (χ4v) is 1.76. The lowest BCUT2D eigenvalue weighted by molar-refractivity contribution is 0.572. The number of nitrogens with zero attached hydrogens (tertiary/aromatic N) is 2. The fraction of sp³-hybridized carbons (Fsp3) is 0.300. The molecule has 0 aromatic carbocycles. The molecule has 80 valence electrons. The molecule has 0 atom stereocenters. The van der Waals surface area contributed by atoms with Crippen LogP contribution in [0.2, 0.25) is 5.15 Å². The summed E-state index contributed by atoms with van der Waals surface area (Å²) < 4.78 is 7.21. The van der Waals surface area contributed by atoms with Crippen molar-refractivity contribution >= 4 is 11.6 Å². The van der Waals surface area contributed by atoms with Crippen LogP contribution in [0.4, 0.5) is 0 Å². The first-order chi connectivity index (χ1) is 7.24. The number of rotatable bonds is 3. The van der Waals surface area contributed by atoms with Crippen molar-refractivity contribution in [3.63, 3.8) is 0 Å². The van der Waals surface area contributed by atoms with Gasteiger partial charge in [0.05, 0.1) is 12.0 Å². The third kappa shape index (κ3) is 1.78. The minimum atomic E-state index is 0.512. The molecule has 2 aromatic rings. The van der Waals surface area contributed by atoms with Gasteiger partial charge in [0.1, 0.15) is 0 Å². The van der Waals surface area contributed by atoms with Gasteiger partial charge in [-0.05, 0) is 19.2 Å². The zero-order valence-electron chi connectivity index (χ0n) is 8.62. The zero-order chi connectivity index (χ0) is 10.8. The maximum absolute atomic E-state index is 6.03. The van der Waals surface area contributed by atoms with Crippen molar-refractivity contribution in [1.29, 1.82) is 0 Å². The van der Waals surface area contributed by atoms with Gasteiger partial charge in [-0.15, -0.1) is 0 Å². The van der Waals surface area contributed by atoms with Crippen molar-refractivity contribution < 1.29 is 4.42 Å². The van der Waals surface area contributed by atoms with Crippen molar-refractivity contribution in [1.82, 2.24) is 14.9 Å². The summed E-state index contributed by atoms with van der Waals surface area (Å²) in [6.45, 7) is 0.684. The van der Waals surface area contributed by atoms with Gasteiger partial charge in [0.15, 0.2) is 16.7 Å². The molecule has 0 saturated carbocycles. The van der Waals surface area contributed by atoms with E-state index in [0.29, 0.717) is 11.7 Å². The minimum Gasteiger partial charge on any atom is -0.461 e. The first-order valence-electron chi connectivity index (χ1n) is 4.63. The van der Waals surface area contributed by atoms with Crippen molar-refractivity contribution in [2.45, 2.75) is 6.54 Å². The molecule has 4 nitrogen and oxygen atoms in total. The Bertz CT molecular complexity index is 447. The summed E-state index contributed by atoms with van der Waals surface area (Å²) in [4.78, 5) is 4.27. The monoisotopic (exact) mass is 225 g/mol. The third-order valence-electron chi connectivity index (χ3n) is 2.25. The normalized spacial score (nSPS) is 10.9. The Kier molecular flexibility index (Phi) is 2.79. The number of imidazole rings is 1. The van der Waals surface area contributed by atoms with Crippen LogP contribution < -0.4 is 5.32 Å². The number of nitrogens with one attached hydrogen (secondary N) is 1. The molecule has 0 aliphatic heterocycles. The van der Waals surface area contributed by atoms with E-state index in [1.807, 2.05) is 30.8 Å². The smallest absolute Gasteiger partial charge is 0.177 e. The Morgan fingerprint density at radius 3 is 3.00 bits per heavy atom. The number of halogens is 1. The summed E-state index contributed by atoms with van der Waals surface area (Å²) in [6.07, 6.45) is 1.62. The largest absolute Gasteiger partial charge is 0.461 e. The van der Waals surface area contributed by atoms with E-state index in [4.69, 9.17) is 16.0 Å². The Balaban J connectivity index is 2.46. The predicted octanol–water partition coefficient (Wildman–Crippen LogP) is 2.05. The summed E-state index contributed by atoms with van der Waals surface area (Å²) in [6, 6.07) is 3.69. The van der Waals surface area contributed by atoms with Gasteiger partial charge in [0, 0.05) is 13.6 Å². The van der Waals surface area contributed by atoms with E-state index < -0.39 is 0 Å². The molecule has 0 saturated heterocycles. The number of hydrogen-bond acceptors (Lipinski definition) is 3. The first kappa shape index (κ1) is 10.3. The average molecular weight is 226 g/mol. The van der Waals surface area contributed by atoms with Crippen LogP contribution in [0.25, 0.3) is 11.6 Å². The van der Waals surface area contributed by atoms with Crippen LogP contribution in [0.3, 0.4) is 0 Å². The van der Waals surface area contributed by atoms with Crippen molar-refractivity contribution in [3.05, 3.63) is 29.2 Å². The Morgan fingerprint density at radius 2 is 2.40 bits per heavy atom. The number of furan rings is 1. The molecule has 0 spiro atoms. The molecule has 0 fully saturated rings. The lowest BCUT2D eigenvalue weighted by Crippen LogP contribution is -2.09. The molecule has 2 aromatic heterocycles. The molecule has 5 heteroatoms. The molecule has 15 heavy (non-hydrogen) atoms. The predicted molar refractivity (Wildman–Crippen MR) is 58.7 cm³/mol. The average Bonchev–Trinajstić information content (AvgIpc) is 2.81. The van der Waals surface area contributed by atoms with E-state index in [2.05, 4.69) is 10.3 Å². The second-order valence-electron chi connectivity index (χ2n) is 3.24. The maximum atomic E-state index is 6.03. The lowest BCUT2D eigenvalue weighted by atomic mass is 10.4. The highest BCUT2D eigenvalue weighted by molar-refractivity contribution is 6.30. The van der Waals surface area contributed by atoms with E-state index in [-0.39, 0.29) is 0 Å². The van der Waals surface area contributed by atoms with Crippen molar-refractivity contribution in [2.24, 2.45) is 7.05 Å². The van der Waals surface area contributed by atoms with Gasteiger partial charge in [-0.3, -0.25) is 0 Å². The van der Waals surface area contributed by atoms with Crippen molar-refractivity contribution in [2.75, 3.05) is 7.05 Å². The van der Waals surface area contributed by atoms with Crippen LogP contribution in [-0.2, 0) is 13.6 Å². The summed E-state index contributed by atoms with van der Waals surface area (Å²) in [5.41, 5.74) is 0.950. The summed E-state index contributed by atoms with van der Waals surface area (Å²) in [7, 11) is 3.79. The van der Waals surface area contributed by atoms with E-state index in [1.54, 1.807) is 6.26 Å². The lowest BCUT2D eigenvalue weighted by Gasteiger charge is -2.03. The highest BCUT2D eigenvalue weighted by Crippen LogP contribution is 2.24.